The molecular formula is C15H18Cl2O. The van der Waals surface area contributed by atoms with Gasteiger partial charge in [0.1, 0.15) is 5.78 Å². The Hall–Kier alpha value is -0.530. The van der Waals surface area contributed by atoms with Crippen molar-refractivity contribution in [1.29, 1.82) is 0 Å². The van der Waals surface area contributed by atoms with Crippen molar-refractivity contribution >= 4 is 29.0 Å². The van der Waals surface area contributed by atoms with E-state index in [0.29, 0.717) is 22.2 Å². The lowest BCUT2D eigenvalue weighted by Gasteiger charge is -2.26. The van der Waals surface area contributed by atoms with Crippen LogP contribution in [0.4, 0.5) is 0 Å². The average Bonchev–Trinajstić information content (AvgIpc) is 2.85. The second kappa shape index (κ2) is 5.63. The largest absolute Gasteiger partial charge is 0.299 e. The lowest BCUT2D eigenvalue weighted by Crippen LogP contribution is -2.28. The number of hydrogen-bond acceptors (Lipinski definition) is 1. The Balaban J connectivity index is 2.18. The number of carbonyl (C=O) groups excluding carboxylic acids is 1. The Bertz CT molecular complexity index is 448. The minimum Gasteiger partial charge on any atom is -0.299 e. The van der Waals surface area contributed by atoms with Crippen LogP contribution in [-0.2, 0) is 11.2 Å². The topological polar surface area (TPSA) is 17.1 Å². The van der Waals surface area contributed by atoms with Crippen LogP contribution in [0.1, 0.15) is 44.6 Å². The lowest BCUT2D eigenvalue weighted by atomic mass is 9.77. The van der Waals surface area contributed by atoms with Crippen molar-refractivity contribution < 1.29 is 4.79 Å². The Morgan fingerprint density at radius 3 is 2.56 bits per heavy atom. The first kappa shape index (κ1) is 13.9. The highest BCUT2D eigenvalue weighted by atomic mass is 35.5. The fourth-order valence-electron chi connectivity index (χ4n) is 2.93. The summed E-state index contributed by atoms with van der Waals surface area (Å²) in [6.45, 7) is 2.11. The van der Waals surface area contributed by atoms with Gasteiger partial charge in [-0.05, 0) is 30.9 Å². The number of ketones is 1. The SMILES string of the molecule is CCC1(C(=O)Cc2cccc(Cl)c2Cl)CCCC1. The van der Waals surface area contributed by atoms with E-state index < -0.39 is 0 Å². The van der Waals surface area contributed by atoms with Crippen LogP contribution in [0.25, 0.3) is 0 Å². The molecule has 0 amide bonds. The third kappa shape index (κ3) is 2.57. The van der Waals surface area contributed by atoms with Crippen molar-refractivity contribution in [3.8, 4) is 0 Å². The third-order valence-electron chi connectivity index (χ3n) is 4.21. The van der Waals surface area contributed by atoms with Gasteiger partial charge in [-0.25, -0.2) is 0 Å². The predicted molar refractivity (Wildman–Crippen MR) is 76.4 cm³/mol. The molecule has 1 aromatic carbocycles. The first-order valence-corrected chi connectivity index (χ1v) is 7.31. The Morgan fingerprint density at radius 2 is 1.94 bits per heavy atom. The summed E-state index contributed by atoms with van der Waals surface area (Å²) < 4.78 is 0. The summed E-state index contributed by atoms with van der Waals surface area (Å²) >= 11 is 12.1. The van der Waals surface area contributed by atoms with Crippen LogP contribution in [0.5, 0.6) is 0 Å². The van der Waals surface area contributed by atoms with Gasteiger partial charge in [0.15, 0.2) is 0 Å². The maximum Gasteiger partial charge on any atom is 0.143 e. The molecule has 1 aromatic rings. The van der Waals surface area contributed by atoms with Crippen molar-refractivity contribution in [2.75, 3.05) is 0 Å². The number of benzene rings is 1. The molecule has 0 aliphatic heterocycles. The van der Waals surface area contributed by atoms with E-state index in [-0.39, 0.29) is 5.41 Å². The van der Waals surface area contributed by atoms with Crippen molar-refractivity contribution in [2.45, 2.75) is 45.4 Å². The van der Waals surface area contributed by atoms with Crippen LogP contribution in [0, 0.1) is 5.41 Å². The predicted octanol–water partition coefficient (Wildman–Crippen LogP) is 5.08. The van der Waals surface area contributed by atoms with Crippen molar-refractivity contribution in [2.24, 2.45) is 5.41 Å². The summed E-state index contributed by atoms with van der Waals surface area (Å²) in [5.41, 5.74) is 0.750. The molecule has 0 atom stereocenters. The van der Waals surface area contributed by atoms with E-state index in [1.807, 2.05) is 12.1 Å². The summed E-state index contributed by atoms with van der Waals surface area (Å²) in [5, 5.41) is 1.05. The molecule has 1 saturated carbocycles. The molecule has 0 aromatic heterocycles. The summed E-state index contributed by atoms with van der Waals surface area (Å²) in [7, 11) is 0. The minimum absolute atomic E-state index is 0.106. The Kier molecular flexibility index (Phi) is 4.34. The van der Waals surface area contributed by atoms with Gasteiger partial charge in [0, 0.05) is 11.8 Å². The van der Waals surface area contributed by atoms with Gasteiger partial charge in [0.2, 0.25) is 0 Å². The molecule has 0 bridgehead atoms. The van der Waals surface area contributed by atoms with E-state index in [4.69, 9.17) is 23.2 Å². The molecule has 0 radical (unpaired) electrons. The number of halogens is 2. The zero-order valence-corrected chi connectivity index (χ0v) is 12.2. The monoisotopic (exact) mass is 284 g/mol. The van der Waals surface area contributed by atoms with Crippen molar-refractivity contribution in [1.82, 2.24) is 0 Å². The molecule has 1 nitrogen and oxygen atoms in total. The number of rotatable bonds is 4. The van der Waals surface area contributed by atoms with Gasteiger partial charge in [-0.2, -0.15) is 0 Å². The maximum atomic E-state index is 12.5. The standard InChI is InChI=1S/C15H18Cl2O/c1-2-15(8-3-4-9-15)13(18)10-11-6-5-7-12(16)14(11)17/h5-7H,2-4,8-10H2,1H3. The summed E-state index contributed by atoms with van der Waals surface area (Å²) in [6, 6.07) is 5.50. The van der Waals surface area contributed by atoms with Gasteiger partial charge >= 0.3 is 0 Å². The molecule has 0 heterocycles. The number of Topliss-reactive ketones (excluding diaryl/α,β-unsaturated/α-hetero) is 1. The zero-order chi connectivity index (χ0) is 13.2. The van der Waals surface area contributed by atoms with Crippen LogP contribution >= 0.6 is 23.2 Å². The molecule has 1 aliphatic rings. The Morgan fingerprint density at radius 1 is 1.28 bits per heavy atom. The smallest absolute Gasteiger partial charge is 0.143 e. The highest BCUT2D eigenvalue weighted by Crippen LogP contribution is 2.43. The van der Waals surface area contributed by atoms with Crippen LogP contribution in [0.2, 0.25) is 10.0 Å². The van der Waals surface area contributed by atoms with Gasteiger partial charge in [0.25, 0.3) is 0 Å². The first-order chi connectivity index (χ1) is 8.59. The molecule has 0 saturated heterocycles. The lowest BCUT2D eigenvalue weighted by molar-refractivity contribution is -0.128. The molecule has 98 valence electrons. The van der Waals surface area contributed by atoms with Gasteiger partial charge in [0.05, 0.1) is 10.0 Å². The molecule has 0 unspecified atom stereocenters. The molecule has 3 heteroatoms. The highest BCUT2D eigenvalue weighted by molar-refractivity contribution is 6.42. The Labute approximate surface area is 118 Å². The van der Waals surface area contributed by atoms with E-state index in [1.165, 1.54) is 12.8 Å². The van der Waals surface area contributed by atoms with E-state index in [1.54, 1.807) is 6.07 Å². The molecule has 18 heavy (non-hydrogen) atoms. The van der Waals surface area contributed by atoms with Crippen molar-refractivity contribution in [3.63, 3.8) is 0 Å². The maximum absolute atomic E-state index is 12.5. The fourth-order valence-corrected chi connectivity index (χ4v) is 3.31. The summed E-state index contributed by atoms with van der Waals surface area (Å²) in [4.78, 5) is 12.5. The number of carbonyl (C=O) groups is 1. The number of hydrogen-bond donors (Lipinski definition) is 0. The first-order valence-electron chi connectivity index (χ1n) is 6.55. The molecule has 2 rings (SSSR count). The van der Waals surface area contributed by atoms with Crippen LogP contribution in [-0.4, -0.2) is 5.78 Å². The zero-order valence-electron chi connectivity index (χ0n) is 10.6. The molecular weight excluding hydrogens is 267 g/mol. The van der Waals surface area contributed by atoms with Crippen LogP contribution in [0.3, 0.4) is 0 Å². The van der Waals surface area contributed by atoms with Crippen LogP contribution in [0.15, 0.2) is 18.2 Å². The molecule has 1 fully saturated rings. The molecule has 0 N–H and O–H groups in total. The van der Waals surface area contributed by atoms with Gasteiger partial charge < -0.3 is 0 Å². The fraction of sp³-hybridized carbons (Fsp3) is 0.533. The van der Waals surface area contributed by atoms with E-state index in [9.17, 15) is 4.79 Å². The molecule has 1 aliphatic carbocycles. The summed E-state index contributed by atoms with van der Waals surface area (Å²) in [5.74, 6) is 0.326. The third-order valence-corrected chi connectivity index (χ3v) is 5.07. The van der Waals surface area contributed by atoms with Gasteiger partial charge in [-0.1, -0.05) is 55.1 Å². The normalized spacial score (nSPS) is 17.9. The minimum atomic E-state index is -0.106. The highest BCUT2D eigenvalue weighted by Gasteiger charge is 2.38. The average molecular weight is 285 g/mol. The van der Waals surface area contributed by atoms with Crippen molar-refractivity contribution in [3.05, 3.63) is 33.8 Å². The summed E-state index contributed by atoms with van der Waals surface area (Å²) in [6.07, 6.45) is 5.74. The second-order valence-electron chi connectivity index (χ2n) is 5.15. The van der Waals surface area contributed by atoms with E-state index in [2.05, 4.69) is 6.92 Å². The second-order valence-corrected chi connectivity index (χ2v) is 5.94. The van der Waals surface area contributed by atoms with Gasteiger partial charge in [-0.15, -0.1) is 0 Å². The molecule has 0 spiro atoms. The quantitative estimate of drug-likeness (QED) is 0.754. The van der Waals surface area contributed by atoms with Crippen LogP contribution < -0.4 is 0 Å². The van der Waals surface area contributed by atoms with E-state index >= 15 is 0 Å². The van der Waals surface area contributed by atoms with E-state index in [0.717, 1.165) is 24.8 Å². The van der Waals surface area contributed by atoms with Gasteiger partial charge in [-0.3, -0.25) is 4.79 Å².